The van der Waals surface area contributed by atoms with Gasteiger partial charge in [-0.3, -0.25) is 4.68 Å². The molecule has 1 heterocycles. The molecule has 0 atom stereocenters. The van der Waals surface area contributed by atoms with Crippen molar-refractivity contribution in [2.45, 2.75) is 6.54 Å². The molecular weight excluding hydrogens is 253 g/mol. The van der Waals surface area contributed by atoms with E-state index in [1.807, 2.05) is 24.0 Å². The molecule has 11 heavy (non-hydrogen) atoms. The quantitative estimate of drug-likeness (QED) is 0.499. The van der Waals surface area contributed by atoms with E-state index in [0.717, 1.165) is 23.2 Å². The molecule has 4 heteroatoms. The van der Waals surface area contributed by atoms with Crippen molar-refractivity contribution in [2.75, 3.05) is 11.0 Å². The van der Waals surface area contributed by atoms with Crippen molar-refractivity contribution in [1.29, 1.82) is 0 Å². The Kier molecular flexibility index (Phi) is 3.85. The van der Waals surface area contributed by atoms with Gasteiger partial charge in [0.2, 0.25) is 0 Å². The van der Waals surface area contributed by atoms with Gasteiger partial charge in [-0.15, -0.1) is 0 Å². The van der Waals surface area contributed by atoms with Crippen molar-refractivity contribution in [1.82, 2.24) is 15.1 Å². The van der Waals surface area contributed by atoms with Crippen LogP contribution in [-0.2, 0) is 13.6 Å². The number of nitrogens with one attached hydrogen (secondary N) is 1. The van der Waals surface area contributed by atoms with Crippen molar-refractivity contribution in [2.24, 2.45) is 7.05 Å². The van der Waals surface area contributed by atoms with Gasteiger partial charge in [-0.05, 0) is 6.07 Å². The fourth-order valence-corrected chi connectivity index (χ4v) is 1.22. The summed E-state index contributed by atoms with van der Waals surface area (Å²) in [4.78, 5) is 0. The third kappa shape index (κ3) is 3.20. The van der Waals surface area contributed by atoms with Crippen LogP contribution in [0.25, 0.3) is 0 Å². The Hall–Kier alpha value is -0.100. The third-order valence-corrected chi connectivity index (χ3v) is 1.89. The van der Waals surface area contributed by atoms with Crippen LogP contribution in [0.4, 0.5) is 0 Å². The molecule has 1 rings (SSSR count). The molecule has 62 valence electrons. The van der Waals surface area contributed by atoms with Gasteiger partial charge >= 0.3 is 0 Å². The van der Waals surface area contributed by atoms with E-state index in [0.29, 0.717) is 0 Å². The van der Waals surface area contributed by atoms with Crippen LogP contribution in [0, 0.1) is 0 Å². The molecule has 1 aromatic rings. The zero-order valence-electron chi connectivity index (χ0n) is 6.55. The minimum atomic E-state index is 0.879. The molecule has 3 nitrogen and oxygen atoms in total. The fourth-order valence-electron chi connectivity index (χ4n) is 0.841. The van der Waals surface area contributed by atoms with E-state index >= 15 is 0 Å². The van der Waals surface area contributed by atoms with Crippen molar-refractivity contribution < 1.29 is 0 Å². The van der Waals surface area contributed by atoms with Crippen molar-refractivity contribution in [3.63, 3.8) is 0 Å². The average molecular weight is 265 g/mol. The number of rotatable bonds is 4. The Morgan fingerprint density at radius 3 is 3.09 bits per heavy atom. The summed E-state index contributed by atoms with van der Waals surface area (Å²) in [5.41, 5.74) is 1.11. The normalized spacial score (nSPS) is 10.4. The zero-order valence-corrected chi connectivity index (χ0v) is 8.71. The molecule has 0 bridgehead atoms. The maximum absolute atomic E-state index is 4.23. The molecule has 0 unspecified atom stereocenters. The van der Waals surface area contributed by atoms with Crippen molar-refractivity contribution >= 4 is 22.6 Å². The number of alkyl halides is 1. The van der Waals surface area contributed by atoms with E-state index in [1.54, 1.807) is 0 Å². The van der Waals surface area contributed by atoms with Gasteiger partial charge in [0, 0.05) is 30.8 Å². The lowest BCUT2D eigenvalue weighted by atomic mass is 10.4. The topological polar surface area (TPSA) is 29.9 Å². The van der Waals surface area contributed by atoms with Gasteiger partial charge in [0.05, 0.1) is 5.69 Å². The van der Waals surface area contributed by atoms with Crippen molar-refractivity contribution in [3.05, 3.63) is 18.0 Å². The van der Waals surface area contributed by atoms with E-state index in [4.69, 9.17) is 0 Å². The third-order valence-electron chi connectivity index (χ3n) is 1.35. The first kappa shape index (κ1) is 8.99. The first-order chi connectivity index (χ1) is 5.33. The Labute approximate surface area is 80.3 Å². The van der Waals surface area contributed by atoms with Crippen LogP contribution in [0.15, 0.2) is 12.3 Å². The molecule has 0 aliphatic rings. The maximum atomic E-state index is 4.23. The van der Waals surface area contributed by atoms with Crippen LogP contribution >= 0.6 is 22.6 Å². The summed E-state index contributed by atoms with van der Waals surface area (Å²) in [6.45, 7) is 1.93. The van der Waals surface area contributed by atoms with E-state index in [1.165, 1.54) is 0 Å². The minimum Gasteiger partial charge on any atom is -0.310 e. The van der Waals surface area contributed by atoms with Crippen LogP contribution in [0.2, 0.25) is 0 Å². The summed E-state index contributed by atoms with van der Waals surface area (Å²) in [5.74, 6) is 0. The van der Waals surface area contributed by atoms with Crippen LogP contribution in [-0.4, -0.2) is 20.8 Å². The molecule has 0 aromatic carbocycles. The Morgan fingerprint density at radius 2 is 2.55 bits per heavy atom. The molecule has 0 aliphatic heterocycles. The predicted octanol–water partition coefficient (Wildman–Crippen LogP) is 0.945. The monoisotopic (exact) mass is 265 g/mol. The average Bonchev–Trinajstić information content (AvgIpc) is 2.37. The second-order valence-corrected chi connectivity index (χ2v) is 3.43. The molecule has 0 saturated carbocycles. The predicted molar refractivity (Wildman–Crippen MR) is 53.8 cm³/mol. The summed E-state index contributed by atoms with van der Waals surface area (Å²) in [6.07, 6.45) is 1.96. The summed E-state index contributed by atoms with van der Waals surface area (Å²) < 4.78 is 2.96. The molecule has 1 N–H and O–H groups in total. The van der Waals surface area contributed by atoms with E-state index in [9.17, 15) is 0 Å². The number of aryl methyl sites for hydroxylation is 1. The summed E-state index contributed by atoms with van der Waals surface area (Å²) in [7, 11) is 1.93. The maximum Gasteiger partial charge on any atom is 0.0762 e. The molecule has 0 saturated heterocycles. The molecule has 0 aliphatic carbocycles. The Balaban J connectivity index is 2.27. The first-order valence-electron chi connectivity index (χ1n) is 3.58. The highest BCUT2D eigenvalue weighted by atomic mass is 127. The minimum absolute atomic E-state index is 0.879. The standard InChI is InChI=1S/C7H12IN3/c1-11-5-2-7(10-11)6-9-4-3-8/h2,5,9H,3-4,6H2,1H3. The van der Waals surface area contributed by atoms with Gasteiger partial charge in [0.1, 0.15) is 0 Å². The second kappa shape index (κ2) is 4.71. The lowest BCUT2D eigenvalue weighted by Gasteiger charge is -1.97. The highest BCUT2D eigenvalue weighted by Gasteiger charge is 1.93. The Bertz CT molecular complexity index is 209. The highest BCUT2D eigenvalue weighted by Crippen LogP contribution is 1.92. The number of halogens is 1. The molecule has 0 amide bonds. The number of nitrogens with zero attached hydrogens (tertiary/aromatic N) is 2. The smallest absolute Gasteiger partial charge is 0.0762 e. The molecule has 1 aromatic heterocycles. The highest BCUT2D eigenvalue weighted by molar-refractivity contribution is 14.1. The van der Waals surface area contributed by atoms with Gasteiger partial charge in [0.25, 0.3) is 0 Å². The number of aromatic nitrogens is 2. The summed E-state index contributed by atoms with van der Waals surface area (Å²) >= 11 is 2.35. The molecule has 0 fully saturated rings. The fraction of sp³-hybridized carbons (Fsp3) is 0.571. The van der Waals surface area contributed by atoms with E-state index in [2.05, 4.69) is 33.0 Å². The molecule has 0 radical (unpaired) electrons. The van der Waals surface area contributed by atoms with Crippen molar-refractivity contribution in [3.8, 4) is 0 Å². The lowest BCUT2D eigenvalue weighted by Crippen LogP contribution is -2.15. The number of hydrogen-bond donors (Lipinski definition) is 1. The van der Waals surface area contributed by atoms with Gasteiger partial charge in [-0.2, -0.15) is 5.10 Å². The lowest BCUT2D eigenvalue weighted by molar-refractivity contribution is 0.682. The van der Waals surface area contributed by atoms with Gasteiger partial charge in [-0.1, -0.05) is 22.6 Å². The SMILES string of the molecule is Cn1ccc(CNCCI)n1. The van der Waals surface area contributed by atoms with E-state index < -0.39 is 0 Å². The first-order valence-corrected chi connectivity index (χ1v) is 5.10. The summed E-state index contributed by atoms with van der Waals surface area (Å²) in [6, 6.07) is 2.03. The zero-order chi connectivity index (χ0) is 8.10. The summed E-state index contributed by atoms with van der Waals surface area (Å²) in [5, 5.41) is 7.52. The van der Waals surface area contributed by atoms with Crippen LogP contribution in [0.3, 0.4) is 0 Å². The second-order valence-electron chi connectivity index (χ2n) is 2.35. The van der Waals surface area contributed by atoms with Crippen LogP contribution < -0.4 is 5.32 Å². The largest absolute Gasteiger partial charge is 0.310 e. The van der Waals surface area contributed by atoms with E-state index in [-0.39, 0.29) is 0 Å². The molecular formula is C7H12IN3. The number of hydrogen-bond acceptors (Lipinski definition) is 2. The van der Waals surface area contributed by atoms with Gasteiger partial charge in [0.15, 0.2) is 0 Å². The Morgan fingerprint density at radius 1 is 1.73 bits per heavy atom. The van der Waals surface area contributed by atoms with Gasteiger partial charge in [-0.25, -0.2) is 0 Å². The van der Waals surface area contributed by atoms with Crippen LogP contribution in [0.1, 0.15) is 5.69 Å². The van der Waals surface area contributed by atoms with Gasteiger partial charge < -0.3 is 5.32 Å². The molecule has 0 spiro atoms. The van der Waals surface area contributed by atoms with Crippen LogP contribution in [0.5, 0.6) is 0 Å².